The number of aromatic carboxylic acids is 2. The van der Waals surface area contributed by atoms with Crippen molar-refractivity contribution < 1.29 is 46.1 Å². The van der Waals surface area contributed by atoms with Gasteiger partial charge in [0.05, 0.1) is 16.2 Å². The lowest BCUT2D eigenvalue weighted by Gasteiger charge is -2.54. The summed E-state index contributed by atoms with van der Waals surface area (Å²) in [7, 11) is -6.12. The first-order valence-electron chi connectivity index (χ1n) is 15.7. The Morgan fingerprint density at radius 3 is 1.91 bits per heavy atom. The molecule has 3 atom stereocenters. The van der Waals surface area contributed by atoms with E-state index in [0.29, 0.717) is 30.6 Å². The molecule has 0 amide bonds. The molecular weight excluding hydrogens is 847 g/mol. The summed E-state index contributed by atoms with van der Waals surface area (Å²) in [6.45, 7) is 0.760. The highest BCUT2D eigenvalue weighted by atomic mass is 127. The molecule has 0 aliphatic carbocycles. The van der Waals surface area contributed by atoms with Crippen LogP contribution in [0.4, 0.5) is 0 Å². The van der Waals surface area contributed by atoms with Crippen LogP contribution < -0.4 is 9.47 Å². The molecule has 0 saturated carbocycles. The van der Waals surface area contributed by atoms with Gasteiger partial charge in [-0.15, -0.1) is 0 Å². The minimum atomic E-state index is -4.00. The van der Waals surface area contributed by atoms with Crippen LogP contribution in [0.5, 0.6) is 23.3 Å². The van der Waals surface area contributed by atoms with Gasteiger partial charge >= 0.3 is 11.9 Å². The highest BCUT2D eigenvalue weighted by molar-refractivity contribution is 14.1. The van der Waals surface area contributed by atoms with Gasteiger partial charge in [-0.05, 0) is 81.1 Å². The van der Waals surface area contributed by atoms with E-state index in [1.807, 2.05) is 15.1 Å². The summed E-state index contributed by atoms with van der Waals surface area (Å²) in [6.07, 6.45) is 0.827. The van der Waals surface area contributed by atoms with E-state index < -0.39 is 47.8 Å². The normalized spacial score (nSPS) is 20.8. The Bertz CT molecular complexity index is 2390. The van der Waals surface area contributed by atoms with Crippen LogP contribution in [0.15, 0.2) is 48.5 Å². The third-order valence-electron chi connectivity index (χ3n) is 8.84. The molecule has 0 radical (unpaired) electrons. The highest BCUT2D eigenvalue weighted by Gasteiger charge is 2.52. The highest BCUT2D eigenvalue weighted by Crippen LogP contribution is 2.44. The zero-order valence-corrected chi connectivity index (χ0v) is 31.3. The third-order valence-corrected chi connectivity index (χ3v) is 13.5. The Kier molecular flexibility index (Phi) is 10.7. The summed E-state index contributed by atoms with van der Waals surface area (Å²) in [5.41, 5.74) is -0.904. The summed E-state index contributed by atoms with van der Waals surface area (Å²) >= 11 is 2.13. The van der Waals surface area contributed by atoms with E-state index >= 15 is 0 Å². The summed E-state index contributed by atoms with van der Waals surface area (Å²) < 4.78 is 67.4. The second-order valence-electron chi connectivity index (χ2n) is 12.1. The van der Waals surface area contributed by atoms with Crippen LogP contribution in [0.2, 0.25) is 0 Å². The van der Waals surface area contributed by atoms with Crippen LogP contribution in [-0.4, -0.2) is 114 Å². The van der Waals surface area contributed by atoms with Crippen molar-refractivity contribution in [3.05, 3.63) is 71.0 Å². The standard InChI is InChI=1S/C32H29IN8O10S2/c1-40-13-9-24(53(48,49)16-12-21-3-2-4-23(17-21)51-29-27(31(44)45)35-39-37-29)18-32(40)19-25(10-14-41(32)33)52(46,47)15-11-20-5-7-22(8-6-20)50-28-26(30(42)43)34-38-36-28/h2-8,17,24-25H,9-10,13-14,18-19H2,1H3,(H,42,43)(H,44,45)(H,34,36,38)(H,35,37,39). The van der Waals surface area contributed by atoms with Gasteiger partial charge in [0.25, 0.3) is 11.8 Å². The molecule has 53 heavy (non-hydrogen) atoms. The number of aromatic amines is 2. The molecule has 2 aliphatic rings. The van der Waals surface area contributed by atoms with Gasteiger partial charge in [-0.25, -0.2) is 39.7 Å². The number of hydrogen-bond acceptors (Lipinski definition) is 14. The zero-order valence-electron chi connectivity index (χ0n) is 27.6. The van der Waals surface area contributed by atoms with Crippen molar-refractivity contribution in [1.29, 1.82) is 0 Å². The van der Waals surface area contributed by atoms with Crippen molar-refractivity contribution in [2.75, 3.05) is 20.1 Å². The van der Waals surface area contributed by atoms with E-state index in [9.17, 15) is 36.6 Å². The van der Waals surface area contributed by atoms with Crippen LogP contribution in [0.1, 0.15) is 57.8 Å². The van der Waals surface area contributed by atoms with Gasteiger partial charge in [0.15, 0.2) is 0 Å². The van der Waals surface area contributed by atoms with E-state index in [-0.39, 0.29) is 53.9 Å². The molecule has 2 fully saturated rings. The number of benzene rings is 2. The SMILES string of the molecule is CN1CCC(S(=O)(=O)C#Cc2cccc(Oc3nn[nH]c3C(=O)O)c2)CC12CC(S(=O)(=O)C#Cc1ccc(Oc3nn[nH]c3C(=O)O)cc1)CCN2I. The van der Waals surface area contributed by atoms with Crippen molar-refractivity contribution >= 4 is 54.5 Å². The van der Waals surface area contributed by atoms with Gasteiger partial charge in [-0.3, -0.25) is 4.90 Å². The van der Waals surface area contributed by atoms with E-state index in [1.165, 1.54) is 36.4 Å². The number of sulfone groups is 2. The number of ether oxygens (including phenoxy) is 2. The number of halogens is 1. The first-order valence-corrected chi connectivity index (χ1v) is 19.7. The largest absolute Gasteiger partial charge is 0.476 e. The average Bonchev–Trinajstić information content (AvgIpc) is 3.79. The number of nitrogens with zero attached hydrogens (tertiary/aromatic N) is 6. The smallest absolute Gasteiger partial charge is 0.359 e. The summed E-state index contributed by atoms with van der Waals surface area (Å²) in [6, 6.07) is 12.1. The number of carbonyl (C=O) groups is 2. The molecule has 2 saturated heterocycles. The number of piperidine rings is 2. The van der Waals surface area contributed by atoms with Crippen molar-refractivity contribution in [3.63, 3.8) is 0 Å². The Labute approximate surface area is 316 Å². The molecule has 3 unspecified atom stereocenters. The van der Waals surface area contributed by atoms with E-state index in [4.69, 9.17) is 9.47 Å². The monoisotopic (exact) mass is 876 g/mol. The van der Waals surface area contributed by atoms with Crippen LogP contribution in [-0.2, 0) is 19.7 Å². The Balaban J connectivity index is 1.15. The molecule has 0 bridgehead atoms. The number of rotatable bonds is 8. The molecule has 276 valence electrons. The van der Waals surface area contributed by atoms with Gasteiger partial charge in [0, 0.05) is 57.6 Å². The first kappa shape index (κ1) is 37.7. The van der Waals surface area contributed by atoms with Crippen molar-refractivity contribution in [3.8, 4) is 45.6 Å². The van der Waals surface area contributed by atoms with Crippen LogP contribution in [0, 0.1) is 22.3 Å². The zero-order chi connectivity index (χ0) is 38.0. The maximum atomic E-state index is 13.6. The van der Waals surface area contributed by atoms with Crippen LogP contribution in [0.3, 0.4) is 0 Å². The first-order chi connectivity index (χ1) is 25.2. The van der Waals surface area contributed by atoms with Crippen LogP contribution >= 0.6 is 22.9 Å². The Morgan fingerprint density at radius 1 is 0.811 bits per heavy atom. The molecule has 4 aromatic rings. The number of hydrogen-bond donors (Lipinski definition) is 4. The number of aromatic nitrogens is 6. The predicted molar refractivity (Wildman–Crippen MR) is 193 cm³/mol. The fourth-order valence-corrected chi connectivity index (χ4v) is 9.70. The van der Waals surface area contributed by atoms with Crippen LogP contribution in [0.25, 0.3) is 0 Å². The molecule has 4 heterocycles. The maximum absolute atomic E-state index is 13.6. The lowest BCUT2D eigenvalue weighted by molar-refractivity contribution is -0.0283. The number of carboxylic acids is 2. The Hall–Kier alpha value is -5.07. The minimum Gasteiger partial charge on any atom is -0.476 e. The van der Waals surface area contributed by atoms with Gasteiger partial charge in [0.1, 0.15) is 11.5 Å². The molecule has 4 N–H and O–H groups in total. The molecule has 1 spiro atoms. The summed E-state index contributed by atoms with van der Waals surface area (Å²) in [5.74, 6) is 2.67. The van der Waals surface area contributed by atoms with Gasteiger partial charge in [0.2, 0.25) is 31.1 Å². The maximum Gasteiger partial charge on any atom is 0.359 e. The number of H-pyrrole nitrogens is 2. The number of likely N-dealkylation sites (tertiary alicyclic amines) is 1. The topological polar surface area (TPSA) is 251 Å². The second-order valence-corrected chi connectivity index (χ2v) is 17.2. The van der Waals surface area contributed by atoms with Crippen molar-refractivity contribution in [1.82, 2.24) is 38.8 Å². The van der Waals surface area contributed by atoms with E-state index in [2.05, 4.69) is 76.0 Å². The molecule has 6 rings (SSSR count). The minimum absolute atomic E-state index is 0.118. The lowest BCUT2D eigenvalue weighted by Crippen LogP contribution is -2.65. The molecule has 2 aliphatic heterocycles. The molecule has 2 aromatic carbocycles. The molecule has 21 heteroatoms. The molecule has 2 aromatic heterocycles. The molecular formula is C32H29IN8O10S2. The number of carboxylic acid groups (broad SMARTS) is 2. The third kappa shape index (κ3) is 8.29. The van der Waals surface area contributed by atoms with Gasteiger partial charge < -0.3 is 19.7 Å². The van der Waals surface area contributed by atoms with Gasteiger partial charge in [-0.2, -0.15) is 0 Å². The predicted octanol–water partition coefficient (Wildman–Crippen LogP) is 2.66. The average molecular weight is 877 g/mol. The van der Waals surface area contributed by atoms with E-state index in [0.717, 1.165) is 0 Å². The van der Waals surface area contributed by atoms with Crippen molar-refractivity contribution in [2.24, 2.45) is 0 Å². The summed E-state index contributed by atoms with van der Waals surface area (Å²) in [5, 5.41) is 40.1. The number of nitrogens with one attached hydrogen (secondary N) is 2. The lowest BCUT2D eigenvalue weighted by atomic mass is 9.87. The molecule has 18 nitrogen and oxygen atoms in total. The van der Waals surface area contributed by atoms with E-state index in [1.54, 1.807) is 12.1 Å². The quantitative estimate of drug-likeness (QED) is 0.113. The fraction of sp³-hybridized carbons (Fsp3) is 0.312. The Morgan fingerprint density at radius 2 is 1.34 bits per heavy atom. The van der Waals surface area contributed by atoms with Crippen molar-refractivity contribution in [2.45, 2.75) is 41.8 Å². The fourth-order valence-electron chi connectivity index (χ4n) is 6.00. The van der Waals surface area contributed by atoms with Gasteiger partial charge in [-0.1, -0.05) is 32.6 Å². The second kappa shape index (κ2) is 15.1. The summed E-state index contributed by atoms with van der Waals surface area (Å²) in [4.78, 5) is 24.6.